The molecule has 2 saturated heterocycles. The predicted molar refractivity (Wildman–Crippen MR) is 84.3 cm³/mol. The van der Waals surface area contributed by atoms with Crippen molar-refractivity contribution >= 4 is 5.91 Å². The van der Waals surface area contributed by atoms with Crippen LogP contribution in [0.3, 0.4) is 0 Å². The minimum atomic E-state index is -0.625. The van der Waals surface area contributed by atoms with Crippen LogP contribution in [-0.4, -0.2) is 62.3 Å². The van der Waals surface area contributed by atoms with E-state index in [-0.39, 0.29) is 5.91 Å². The quantitative estimate of drug-likeness (QED) is 0.795. The summed E-state index contributed by atoms with van der Waals surface area (Å²) in [7, 11) is 1.65. The average molecular weight is 297 g/mol. The van der Waals surface area contributed by atoms with Crippen LogP contribution in [0.1, 0.15) is 39.5 Å². The van der Waals surface area contributed by atoms with Crippen LogP contribution in [0.25, 0.3) is 0 Å². The van der Waals surface area contributed by atoms with E-state index in [1.165, 1.54) is 12.8 Å². The molecule has 0 aromatic carbocycles. The Morgan fingerprint density at radius 2 is 2.19 bits per heavy atom. The zero-order valence-electron chi connectivity index (χ0n) is 13.8. The summed E-state index contributed by atoms with van der Waals surface area (Å²) in [6.45, 7) is 9.23. The van der Waals surface area contributed by atoms with Gasteiger partial charge in [-0.3, -0.25) is 9.69 Å². The van der Waals surface area contributed by atoms with Gasteiger partial charge in [0.2, 0.25) is 0 Å². The van der Waals surface area contributed by atoms with Crippen molar-refractivity contribution in [2.24, 2.45) is 5.92 Å². The lowest BCUT2D eigenvalue weighted by atomic mass is 9.91. The van der Waals surface area contributed by atoms with Gasteiger partial charge in [0.05, 0.1) is 0 Å². The Hall–Kier alpha value is -0.650. The van der Waals surface area contributed by atoms with Gasteiger partial charge in [0.1, 0.15) is 5.60 Å². The molecule has 2 unspecified atom stereocenters. The second-order valence-corrected chi connectivity index (χ2v) is 6.75. The SMILES string of the molecule is COC1(C(=O)NCC(C)N2CCCC(C)C2)CCNCC1. The van der Waals surface area contributed by atoms with E-state index in [9.17, 15) is 4.79 Å². The zero-order chi connectivity index (χ0) is 15.3. The Kier molecular flexibility index (Phi) is 6.02. The number of hydrogen-bond donors (Lipinski definition) is 2. The second kappa shape index (κ2) is 7.56. The van der Waals surface area contributed by atoms with Crippen LogP contribution in [-0.2, 0) is 9.53 Å². The molecule has 0 aliphatic carbocycles. The molecule has 2 rings (SSSR count). The third kappa shape index (κ3) is 4.18. The van der Waals surface area contributed by atoms with Crippen molar-refractivity contribution in [3.63, 3.8) is 0 Å². The van der Waals surface area contributed by atoms with Crippen LogP contribution in [0, 0.1) is 5.92 Å². The van der Waals surface area contributed by atoms with Gasteiger partial charge in [-0.2, -0.15) is 0 Å². The summed E-state index contributed by atoms with van der Waals surface area (Å²) in [6, 6.07) is 0.396. The molecule has 21 heavy (non-hydrogen) atoms. The molecular formula is C16H31N3O2. The fourth-order valence-electron chi connectivity index (χ4n) is 3.51. The van der Waals surface area contributed by atoms with Gasteiger partial charge in [-0.1, -0.05) is 6.92 Å². The first-order chi connectivity index (χ1) is 10.1. The standard InChI is InChI=1S/C16H31N3O2/c1-13-5-4-10-19(12-13)14(2)11-18-15(20)16(21-3)6-8-17-9-7-16/h13-14,17H,4-12H2,1-3H3,(H,18,20). The number of carbonyl (C=O) groups is 1. The number of nitrogens with zero attached hydrogens (tertiary/aromatic N) is 1. The molecule has 0 spiro atoms. The predicted octanol–water partition coefficient (Wildman–Crippen LogP) is 0.992. The maximum Gasteiger partial charge on any atom is 0.252 e. The summed E-state index contributed by atoms with van der Waals surface area (Å²) in [5, 5.41) is 6.40. The van der Waals surface area contributed by atoms with E-state index in [0.29, 0.717) is 12.6 Å². The number of rotatable bonds is 5. The van der Waals surface area contributed by atoms with Gasteiger partial charge in [-0.15, -0.1) is 0 Å². The Morgan fingerprint density at radius 1 is 1.48 bits per heavy atom. The molecule has 5 nitrogen and oxygen atoms in total. The number of ether oxygens (including phenoxy) is 1. The van der Waals surface area contributed by atoms with E-state index in [2.05, 4.69) is 29.4 Å². The Labute approximate surface area is 128 Å². The first-order valence-corrected chi connectivity index (χ1v) is 8.35. The second-order valence-electron chi connectivity index (χ2n) is 6.75. The Bertz CT molecular complexity index is 342. The van der Waals surface area contributed by atoms with Crippen molar-refractivity contribution in [3.8, 4) is 0 Å². The topological polar surface area (TPSA) is 53.6 Å². The molecule has 122 valence electrons. The first-order valence-electron chi connectivity index (χ1n) is 8.35. The monoisotopic (exact) mass is 297 g/mol. The van der Waals surface area contributed by atoms with Crippen LogP contribution >= 0.6 is 0 Å². The maximum atomic E-state index is 12.5. The van der Waals surface area contributed by atoms with Crippen LogP contribution in [0.2, 0.25) is 0 Å². The van der Waals surface area contributed by atoms with Crippen molar-refractivity contribution in [2.75, 3.05) is 39.8 Å². The minimum Gasteiger partial charge on any atom is -0.368 e. The normalized spacial score (nSPS) is 28.0. The van der Waals surface area contributed by atoms with E-state index in [0.717, 1.165) is 44.9 Å². The van der Waals surface area contributed by atoms with Gasteiger partial charge in [0.25, 0.3) is 5.91 Å². The number of amides is 1. The molecule has 5 heteroatoms. The lowest BCUT2D eigenvalue weighted by Crippen LogP contribution is -2.56. The van der Waals surface area contributed by atoms with Gasteiger partial charge in [0.15, 0.2) is 0 Å². The molecule has 1 amide bonds. The fraction of sp³-hybridized carbons (Fsp3) is 0.938. The van der Waals surface area contributed by atoms with Crippen LogP contribution in [0.15, 0.2) is 0 Å². The summed E-state index contributed by atoms with van der Waals surface area (Å²) < 4.78 is 5.57. The van der Waals surface area contributed by atoms with Crippen molar-refractivity contribution < 1.29 is 9.53 Å². The number of likely N-dealkylation sites (tertiary alicyclic amines) is 1. The van der Waals surface area contributed by atoms with E-state index in [1.807, 2.05) is 0 Å². The molecule has 0 saturated carbocycles. The van der Waals surface area contributed by atoms with Gasteiger partial charge in [-0.05, 0) is 58.2 Å². The number of hydrogen-bond acceptors (Lipinski definition) is 4. The van der Waals surface area contributed by atoms with Gasteiger partial charge in [-0.25, -0.2) is 0 Å². The highest BCUT2D eigenvalue weighted by Crippen LogP contribution is 2.23. The average Bonchev–Trinajstić information content (AvgIpc) is 2.52. The molecule has 0 aromatic heterocycles. The fourth-order valence-corrected chi connectivity index (χ4v) is 3.51. The summed E-state index contributed by atoms with van der Waals surface area (Å²) in [4.78, 5) is 15.0. The summed E-state index contributed by atoms with van der Waals surface area (Å²) in [5.41, 5.74) is -0.625. The zero-order valence-corrected chi connectivity index (χ0v) is 13.8. The largest absolute Gasteiger partial charge is 0.368 e. The Morgan fingerprint density at radius 3 is 2.81 bits per heavy atom. The van der Waals surface area contributed by atoms with E-state index >= 15 is 0 Å². The number of nitrogens with one attached hydrogen (secondary N) is 2. The van der Waals surface area contributed by atoms with Crippen LogP contribution < -0.4 is 10.6 Å². The van der Waals surface area contributed by atoms with E-state index < -0.39 is 5.60 Å². The summed E-state index contributed by atoms with van der Waals surface area (Å²) >= 11 is 0. The van der Waals surface area contributed by atoms with Gasteiger partial charge >= 0.3 is 0 Å². The van der Waals surface area contributed by atoms with Crippen molar-refractivity contribution in [1.29, 1.82) is 0 Å². The molecule has 2 N–H and O–H groups in total. The number of methoxy groups -OCH3 is 1. The molecular weight excluding hydrogens is 266 g/mol. The summed E-state index contributed by atoms with van der Waals surface area (Å²) in [5.74, 6) is 0.829. The van der Waals surface area contributed by atoms with Gasteiger partial charge in [0, 0.05) is 26.2 Å². The van der Waals surface area contributed by atoms with E-state index in [4.69, 9.17) is 4.74 Å². The maximum absolute atomic E-state index is 12.5. The minimum absolute atomic E-state index is 0.0587. The van der Waals surface area contributed by atoms with Crippen LogP contribution in [0.4, 0.5) is 0 Å². The third-order valence-corrected chi connectivity index (χ3v) is 5.09. The highest BCUT2D eigenvalue weighted by Gasteiger charge is 2.39. The lowest BCUT2D eigenvalue weighted by Gasteiger charge is -2.37. The van der Waals surface area contributed by atoms with Crippen molar-refractivity contribution in [1.82, 2.24) is 15.5 Å². The van der Waals surface area contributed by atoms with Crippen LogP contribution in [0.5, 0.6) is 0 Å². The molecule has 2 aliphatic rings. The van der Waals surface area contributed by atoms with E-state index in [1.54, 1.807) is 7.11 Å². The number of piperidine rings is 2. The highest BCUT2D eigenvalue weighted by atomic mass is 16.5. The molecule has 0 radical (unpaired) electrons. The molecule has 2 aliphatic heterocycles. The third-order valence-electron chi connectivity index (χ3n) is 5.09. The lowest BCUT2D eigenvalue weighted by molar-refractivity contribution is -0.147. The molecule has 0 bridgehead atoms. The summed E-state index contributed by atoms with van der Waals surface area (Å²) in [6.07, 6.45) is 4.11. The molecule has 2 fully saturated rings. The van der Waals surface area contributed by atoms with Crippen molar-refractivity contribution in [2.45, 2.75) is 51.2 Å². The first kappa shape index (κ1) is 16.7. The smallest absolute Gasteiger partial charge is 0.252 e. The Balaban J connectivity index is 1.82. The number of carbonyl (C=O) groups excluding carboxylic acids is 1. The van der Waals surface area contributed by atoms with Crippen molar-refractivity contribution in [3.05, 3.63) is 0 Å². The molecule has 0 aromatic rings. The molecule has 2 atom stereocenters. The highest BCUT2D eigenvalue weighted by molar-refractivity contribution is 5.85. The van der Waals surface area contributed by atoms with Gasteiger partial charge < -0.3 is 15.4 Å². The molecule has 2 heterocycles.